The van der Waals surface area contributed by atoms with E-state index in [0.29, 0.717) is 6.54 Å². The van der Waals surface area contributed by atoms with E-state index in [9.17, 15) is 4.79 Å². The molecule has 1 N–H and O–H groups in total. The summed E-state index contributed by atoms with van der Waals surface area (Å²) in [6.45, 7) is 3.49. The first-order valence-electron chi connectivity index (χ1n) is 10.7. The molecule has 0 spiro atoms. The van der Waals surface area contributed by atoms with Gasteiger partial charge >= 0.3 is 0 Å². The van der Waals surface area contributed by atoms with E-state index < -0.39 is 0 Å². The summed E-state index contributed by atoms with van der Waals surface area (Å²) in [6, 6.07) is 23.6. The molecule has 4 nitrogen and oxygen atoms in total. The number of anilines is 2. The number of benzene rings is 2. The summed E-state index contributed by atoms with van der Waals surface area (Å²) in [5.41, 5.74) is 3.84. The number of carbonyl (C=O) groups is 1. The second kappa shape index (κ2) is 8.52. The fourth-order valence-corrected chi connectivity index (χ4v) is 5.53. The molecule has 30 heavy (non-hydrogen) atoms. The van der Waals surface area contributed by atoms with Crippen LogP contribution in [0.4, 0.5) is 11.4 Å². The first-order chi connectivity index (χ1) is 14.8. The molecule has 2 aliphatic heterocycles. The maximum Gasteiger partial charge on any atom is 0.225 e. The van der Waals surface area contributed by atoms with E-state index in [0.717, 1.165) is 32.5 Å². The zero-order chi connectivity index (χ0) is 20.3. The average Bonchev–Trinajstić information content (AvgIpc) is 3.32. The van der Waals surface area contributed by atoms with E-state index >= 15 is 0 Å². The first-order valence-corrected chi connectivity index (χ1v) is 11.6. The van der Waals surface area contributed by atoms with Crippen molar-refractivity contribution in [2.75, 3.05) is 36.0 Å². The smallest absolute Gasteiger partial charge is 0.225 e. The van der Waals surface area contributed by atoms with Gasteiger partial charge in [-0.25, -0.2) is 0 Å². The Morgan fingerprint density at radius 1 is 1.00 bits per heavy atom. The Bertz CT molecular complexity index is 989. The van der Waals surface area contributed by atoms with E-state index in [1.807, 2.05) is 0 Å². The molecule has 154 valence electrons. The zero-order valence-electron chi connectivity index (χ0n) is 17.0. The lowest BCUT2D eigenvalue weighted by molar-refractivity contribution is -0.125. The van der Waals surface area contributed by atoms with Crippen molar-refractivity contribution >= 4 is 28.6 Å². The van der Waals surface area contributed by atoms with Crippen LogP contribution in [0.3, 0.4) is 0 Å². The molecule has 5 rings (SSSR count). The van der Waals surface area contributed by atoms with Gasteiger partial charge in [-0.3, -0.25) is 4.79 Å². The summed E-state index contributed by atoms with van der Waals surface area (Å²) >= 11 is 1.75. The molecule has 0 unspecified atom stereocenters. The number of fused-ring (bicyclic) bond motifs is 3. The fraction of sp³-hybridized carbons (Fsp3) is 0.320. The average molecular weight is 418 g/mol. The molecular formula is C25H27N3OS. The quantitative estimate of drug-likeness (QED) is 0.682. The van der Waals surface area contributed by atoms with Gasteiger partial charge in [0.15, 0.2) is 0 Å². The van der Waals surface area contributed by atoms with Crippen molar-refractivity contribution in [3.63, 3.8) is 0 Å². The van der Waals surface area contributed by atoms with Crippen LogP contribution >= 0.6 is 11.3 Å². The molecule has 1 amide bonds. The Morgan fingerprint density at radius 2 is 1.83 bits per heavy atom. The molecule has 3 aromatic rings. The summed E-state index contributed by atoms with van der Waals surface area (Å²) in [4.78, 5) is 19.5. The lowest BCUT2D eigenvalue weighted by Crippen LogP contribution is -2.61. The Morgan fingerprint density at radius 3 is 2.67 bits per heavy atom. The molecule has 0 saturated carbocycles. The molecule has 2 aromatic carbocycles. The van der Waals surface area contributed by atoms with Gasteiger partial charge in [-0.2, -0.15) is 0 Å². The largest absolute Gasteiger partial charge is 0.368 e. The van der Waals surface area contributed by atoms with E-state index in [1.54, 1.807) is 11.3 Å². The Labute approximate surface area is 182 Å². The van der Waals surface area contributed by atoms with Crippen molar-refractivity contribution in [1.29, 1.82) is 0 Å². The highest BCUT2D eigenvalue weighted by molar-refractivity contribution is 7.09. The highest BCUT2D eigenvalue weighted by Crippen LogP contribution is 2.36. The topological polar surface area (TPSA) is 35.6 Å². The number of para-hydroxylation sites is 2. The Kier molecular flexibility index (Phi) is 5.45. The van der Waals surface area contributed by atoms with Crippen LogP contribution in [0.1, 0.15) is 10.4 Å². The first kappa shape index (κ1) is 19.2. The summed E-state index contributed by atoms with van der Waals surface area (Å²) < 4.78 is 0. The molecule has 1 fully saturated rings. The van der Waals surface area contributed by atoms with Gasteiger partial charge in [-0.05, 0) is 48.1 Å². The van der Waals surface area contributed by atoms with Gasteiger partial charge in [0.2, 0.25) is 5.91 Å². The van der Waals surface area contributed by atoms with Gasteiger partial charge in [0.25, 0.3) is 0 Å². The number of carbonyl (C=O) groups excluding carboxylic acids is 1. The lowest BCUT2D eigenvalue weighted by Gasteiger charge is -2.49. The minimum absolute atomic E-state index is 0.0326. The van der Waals surface area contributed by atoms with E-state index in [-0.39, 0.29) is 17.9 Å². The van der Waals surface area contributed by atoms with Gasteiger partial charge in [0.1, 0.15) is 0 Å². The minimum Gasteiger partial charge on any atom is -0.368 e. The number of hydrogen-bond donors (Lipinski definition) is 1. The molecule has 3 heterocycles. The standard InChI is InChI=1S/C25H27N3OS/c29-25(26-13-12-21-10-6-16-30-21)22-17-19-7-4-5-11-23(19)28-15-14-27(18-24(22)28)20-8-2-1-3-9-20/h1-11,16,22,24H,12-15,17-18H2,(H,26,29)/t22-,24+/m0/s1. The zero-order valence-corrected chi connectivity index (χ0v) is 17.9. The van der Waals surface area contributed by atoms with Gasteiger partial charge < -0.3 is 15.1 Å². The fourth-order valence-electron chi connectivity index (χ4n) is 4.83. The maximum absolute atomic E-state index is 13.3. The van der Waals surface area contributed by atoms with Crippen molar-refractivity contribution in [3.05, 3.63) is 82.6 Å². The van der Waals surface area contributed by atoms with E-state index in [1.165, 1.54) is 21.8 Å². The van der Waals surface area contributed by atoms with Crippen LogP contribution < -0.4 is 15.1 Å². The number of hydrogen-bond acceptors (Lipinski definition) is 4. The molecule has 2 atom stereocenters. The molecule has 2 aliphatic rings. The molecule has 1 aromatic heterocycles. The molecule has 1 saturated heterocycles. The molecule has 0 aliphatic carbocycles. The second-order valence-electron chi connectivity index (χ2n) is 8.10. The number of nitrogens with one attached hydrogen (secondary N) is 1. The van der Waals surface area contributed by atoms with Crippen LogP contribution in [0, 0.1) is 5.92 Å². The predicted molar refractivity (Wildman–Crippen MR) is 124 cm³/mol. The minimum atomic E-state index is -0.0326. The van der Waals surface area contributed by atoms with Crippen LogP contribution in [-0.4, -0.2) is 38.1 Å². The van der Waals surface area contributed by atoms with Gasteiger partial charge in [-0.1, -0.05) is 42.5 Å². The van der Waals surface area contributed by atoms with Crippen molar-refractivity contribution in [3.8, 4) is 0 Å². The van der Waals surface area contributed by atoms with E-state index in [4.69, 9.17) is 0 Å². The number of thiophene rings is 1. The monoisotopic (exact) mass is 417 g/mol. The SMILES string of the molecule is O=C(NCCc1cccs1)[C@H]1Cc2ccccc2N2CCN(c3ccccc3)C[C@H]12. The Balaban J connectivity index is 1.35. The van der Waals surface area contributed by atoms with Crippen LogP contribution in [0.5, 0.6) is 0 Å². The third-order valence-electron chi connectivity index (χ3n) is 6.33. The highest BCUT2D eigenvalue weighted by Gasteiger charge is 2.41. The van der Waals surface area contributed by atoms with Gasteiger partial charge in [0.05, 0.1) is 12.0 Å². The normalized spacial score (nSPS) is 20.4. The van der Waals surface area contributed by atoms with Crippen molar-refractivity contribution < 1.29 is 4.79 Å². The van der Waals surface area contributed by atoms with Crippen molar-refractivity contribution in [2.45, 2.75) is 18.9 Å². The van der Waals surface area contributed by atoms with Gasteiger partial charge in [-0.15, -0.1) is 11.3 Å². The van der Waals surface area contributed by atoms with Crippen molar-refractivity contribution in [2.24, 2.45) is 5.92 Å². The summed E-state index contributed by atoms with van der Waals surface area (Å²) in [6.07, 6.45) is 1.71. The van der Waals surface area contributed by atoms with Crippen LogP contribution in [0.15, 0.2) is 72.1 Å². The number of nitrogens with zero attached hydrogens (tertiary/aromatic N) is 2. The van der Waals surface area contributed by atoms with Crippen LogP contribution in [0.25, 0.3) is 0 Å². The molecule has 0 radical (unpaired) electrons. The third-order valence-corrected chi connectivity index (χ3v) is 7.27. The molecular weight excluding hydrogens is 390 g/mol. The van der Waals surface area contributed by atoms with Crippen LogP contribution in [0.2, 0.25) is 0 Å². The van der Waals surface area contributed by atoms with E-state index in [2.05, 4.69) is 87.2 Å². The summed E-state index contributed by atoms with van der Waals surface area (Å²) in [5.74, 6) is 0.153. The second-order valence-corrected chi connectivity index (χ2v) is 9.13. The lowest BCUT2D eigenvalue weighted by atomic mass is 9.83. The van der Waals surface area contributed by atoms with Gasteiger partial charge in [0, 0.05) is 42.4 Å². The number of piperazine rings is 1. The maximum atomic E-state index is 13.3. The number of amides is 1. The summed E-state index contributed by atoms with van der Waals surface area (Å²) in [7, 11) is 0. The Hall–Kier alpha value is -2.79. The van der Waals surface area contributed by atoms with Crippen molar-refractivity contribution in [1.82, 2.24) is 5.32 Å². The number of rotatable bonds is 5. The summed E-state index contributed by atoms with van der Waals surface area (Å²) in [5, 5.41) is 5.32. The highest BCUT2D eigenvalue weighted by atomic mass is 32.1. The molecule has 0 bridgehead atoms. The predicted octanol–water partition coefficient (Wildman–Crippen LogP) is 3.97. The van der Waals surface area contributed by atoms with Crippen LogP contribution in [-0.2, 0) is 17.6 Å². The molecule has 5 heteroatoms. The third kappa shape index (κ3) is 3.82.